The summed E-state index contributed by atoms with van der Waals surface area (Å²) >= 11 is 0. The smallest absolute Gasteiger partial charge is 0.328 e. The third-order valence-electron chi connectivity index (χ3n) is 4.16. The van der Waals surface area contributed by atoms with E-state index in [-0.39, 0.29) is 18.2 Å². The first-order chi connectivity index (χ1) is 11.0. The lowest BCUT2D eigenvalue weighted by Crippen LogP contribution is -2.46. The lowest BCUT2D eigenvalue weighted by atomic mass is 9.98. The summed E-state index contributed by atoms with van der Waals surface area (Å²) in [5.41, 5.74) is 0.925. The molecule has 2 rings (SSSR count). The average Bonchev–Trinajstić information content (AvgIpc) is 2.58. The van der Waals surface area contributed by atoms with Gasteiger partial charge in [-0.15, -0.1) is 0 Å². The van der Waals surface area contributed by atoms with Crippen LogP contribution in [0.5, 0.6) is 0 Å². The lowest BCUT2D eigenvalue weighted by Gasteiger charge is -2.21. The van der Waals surface area contributed by atoms with Crippen LogP contribution in [0.15, 0.2) is 42.5 Å². The molecule has 122 valence electrons. The van der Waals surface area contributed by atoms with Crippen LogP contribution in [-0.4, -0.2) is 25.0 Å². The molecule has 0 unspecified atom stereocenters. The number of amides is 1. The number of benzene rings is 2. The number of nitrogens with one attached hydrogen (secondary N) is 1. The summed E-state index contributed by atoms with van der Waals surface area (Å²) in [6, 6.07) is 13.4. The van der Waals surface area contributed by atoms with E-state index in [0.29, 0.717) is 0 Å². The quantitative estimate of drug-likeness (QED) is 0.834. The third kappa shape index (κ3) is 4.31. The van der Waals surface area contributed by atoms with Crippen molar-refractivity contribution in [2.75, 3.05) is 7.11 Å². The molecule has 1 N–H and O–H groups in total. The zero-order chi connectivity index (χ0) is 16.8. The number of ether oxygens (including phenoxy) is 1. The van der Waals surface area contributed by atoms with Crippen LogP contribution in [-0.2, 0) is 20.7 Å². The first-order valence-electron chi connectivity index (χ1n) is 7.90. The van der Waals surface area contributed by atoms with Crippen molar-refractivity contribution in [3.8, 4) is 0 Å². The molecule has 0 spiro atoms. The van der Waals surface area contributed by atoms with E-state index < -0.39 is 12.0 Å². The summed E-state index contributed by atoms with van der Waals surface area (Å²) in [6.07, 6.45) is 1.03. The Kier molecular flexibility index (Phi) is 5.74. The molecule has 1 amide bonds. The van der Waals surface area contributed by atoms with Crippen molar-refractivity contribution in [3.05, 3.63) is 48.0 Å². The Balaban J connectivity index is 2.08. The third-order valence-corrected chi connectivity index (χ3v) is 4.16. The largest absolute Gasteiger partial charge is 0.467 e. The molecule has 0 aromatic heterocycles. The van der Waals surface area contributed by atoms with E-state index in [1.807, 2.05) is 56.3 Å². The van der Waals surface area contributed by atoms with Crippen molar-refractivity contribution >= 4 is 22.6 Å². The number of carbonyl (C=O) groups excluding carboxylic acids is 2. The minimum absolute atomic E-state index is 0.0306. The van der Waals surface area contributed by atoms with Gasteiger partial charge in [0.15, 0.2) is 0 Å². The second kappa shape index (κ2) is 7.77. The maximum Gasteiger partial charge on any atom is 0.328 e. The fraction of sp³-hybridized carbons (Fsp3) is 0.368. The molecule has 4 nitrogen and oxygen atoms in total. The van der Waals surface area contributed by atoms with Gasteiger partial charge in [0, 0.05) is 0 Å². The second-order valence-electron chi connectivity index (χ2n) is 5.81. The van der Waals surface area contributed by atoms with Crippen molar-refractivity contribution in [2.24, 2.45) is 5.92 Å². The molecule has 0 bridgehead atoms. The summed E-state index contributed by atoms with van der Waals surface area (Å²) in [5.74, 6) is -0.537. The van der Waals surface area contributed by atoms with Gasteiger partial charge in [-0.2, -0.15) is 0 Å². The highest BCUT2D eigenvalue weighted by molar-refractivity contribution is 5.88. The highest BCUT2D eigenvalue weighted by Gasteiger charge is 2.26. The van der Waals surface area contributed by atoms with E-state index in [9.17, 15) is 9.59 Å². The average molecular weight is 313 g/mol. The molecule has 4 heteroatoms. The van der Waals surface area contributed by atoms with E-state index in [2.05, 4.69) is 5.32 Å². The molecule has 2 aromatic rings. The minimum Gasteiger partial charge on any atom is -0.467 e. The van der Waals surface area contributed by atoms with Crippen LogP contribution in [0.4, 0.5) is 0 Å². The van der Waals surface area contributed by atoms with Crippen LogP contribution in [0.25, 0.3) is 10.8 Å². The van der Waals surface area contributed by atoms with Gasteiger partial charge in [0.1, 0.15) is 6.04 Å². The standard InChI is InChI=1S/C19H23NO3/c1-4-13(2)18(19(22)23-3)20-17(21)12-14-9-10-15-7-5-6-8-16(15)11-14/h5-11,13,18H,4,12H2,1-3H3,(H,20,21)/t13-,18-/m1/s1. The van der Waals surface area contributed by atoms with Crippen LogP contribution < -0.4 is 5.32 Å². The molecule has 0 saturated heterocycles. The molecular weight excluding hydrogens is 290 g/mol. The van der Waals surface area contributed by atoms with Crippen LogP contribution in [0, 0.1) is 5.92 Å². The van der Waals surface area contributed by atoms with Crippen molar-refractivity contribution < 1.29 is 14.3 Å². The molecule has 0 aliphatic heterocycles. The van der Waals surface area contributed by atoms with E-state index in [1.165, 1.54) is 7.11 Å². The summed E-state index contributed by atoms with van der Waals surface area (Å²) in [6.45, 7) is 3.91. The van der Waals surface area contributed by atoms with Crippen molar-refractivity contribution in [2.45, 2.75) is 32.7 Å². The van der Waals surface area contributed by atoms with E-state index >= 15 is 0 Å². The maximum atomic E-state index is 12.3. The Labute approximate surface area is 136 Å². The zero-order valence-electron chi connectivity index (χ0n) is 13.8. The Morgan fingerprint density at radius 1 is 1.13 bits per heavy atom. The van der Waals surface area contributed by atoms with Gasteiger partial charge in [0.05, 0.1) is 13.5 Å². The van der Waals surface area contributed by atoms with Gasteiger partial charge in [-0.25, -0.2) is 4.79 Å². The number of hydrogen-bond donors (Lipinski definition) is 1. The van der Waals surface area contributed by atoms with Gasteiger partial charge in [-0.1, -0.05) is 62.7 Å². The maximum absolute atomic E-state index is 12.3. The van der Waals surface area contributed by atoms with Gasteiger partial charge in [-0.05, 0) is 22.3 Å². The summed E-state index contributed by atoms with van der Waals surface area (Å²) in [4.78, 5) is 24.1. The first-order valence-corrected chi connectivity index (χ1v) is 7.90. The number of fused-ring (bicyclic) bond motifs is 1. The molecule has 0 saturated carbocycles. The number of esters is 1. The van der Waals surface area contributed by atoms with Crippen LogP contribution in [0.3, 0.4) is 0 Å². The molecule has 23 heavy (non-hydrogen) atoms. The summed E-state index contributed by atoms with van der Waals surface area (Å²) < 4.78 is 4.79. The summed E-state index contributed by atoms with van der Waals surface area (Å²) in [7, 11) is 1.34. The molecule has 0 radical (unpaired) electrons. The van der Waals surface area contributed by atoms with Gasteiger partial charge >= 0.3 is 5.97 Å². The number of methoxy groups -OCH3 is 1. The molecule has 2 aromatic carbocycles. The molecule has 0 aliphatic rings. The Morgan fingerprint density at radius 3 is 2.48 bits per heavy atom. The van der Waals surface area contributed by atoms with Crippen LogP contribution >= 0.6 is 0 Å². The van der Waals surface area contributed by atoms with E-state index in [4.69, 9.17) is 4.74 Å². The van der Waals surface area contributed by atoms with E-state index in [0.717, 1.165) is 22.8 Å². The molecule has 0 aliphatic carbocycles. The Morgan fingerprint density at radius 2 is 1.83 bits per heavy atom. The van der Waals surface area contributed by atoms with Crippen molar-refractivity contribution in [3.63, 3.8) is 0 Å². The molecule has 2 atom stereocenters. The number of hydrogen-bond acceptors (Lipinski definition) is 3. The fourth-order valence-corrected chi connectivity index (χ4v) is 2.55. The predicted octanol–water partition coefficient (Wildman–Crippen LogP) is 3.09. The Bertz CT molecular complexity index is 696. The van der Waals surface area contributed by atoms with E-state index in [1.54, 1.807) is 0 Å². The molecular formula is C19H23NO3. The lowest BCUT2D eigenvalue weighted by molar-refractivity contribution is -0.146. The highest BCUT2D eigenvalue weighted by Crippen LogP contribution is 2.16. The van der Waals surface area contributed by atoms with Gasteiger partial charge in [0.2, 0.25) is 5.91 Å². The minimum atomic E-state index is -0.599. The summed E-state index contributed by atoms with van der Waals surface area (Å²) in [5, 5.41) is 5.04. The SMILES string of the molecule is CC[C@@H](C)[C@@H](NC(=O)Cc1ccc2ccccc2c1)C(=O)OC. The highest BCUT2D eigenvalue weighted by atomic mass is 16.5. The van der Waals surface area contributed by atoms with Gasteiger partial charge in [-0.3, -0.25) is 4.79 Å². The number of carbonyl (C=O) groups is 2. The fourth-order valence-electron chi connectivity index (χ4n) is 2.55. The second-order valence-corrected chi connectivity index (χ2v) is 5.81. The first kappa shape index (κ1) is 17.0. The topological polar surface area (TPSA) is 55.4 Å². The monoisotopic (exact) mass is 313 g/mol. The Hall–Kier alpha value is -2.36. The van der Waals surface area contributed by atoms with Crippen LogP contribution in [0.1, 0.15) is 25.8 Å². The predicted molar refractivity (Wildman–Crippen MR) is 91.1 cm³/mol. The van der Waals surface area contributed by atoms with Crippen molar-refractivity contribution in [1.29, 1.82) is 0 Å². The normalized spacial score (nSPS) is 13.3. The molecule has 0 heterocycles. The van der Waals surface area contributed by atoms with Gasteiger partial charge < -0.3 is 10.1 Å². The molecule has 0 fully saturated rings. The van der Waals surface area contributed by atoms with Crippen LogP contribution in [0.2, 0.25) is 0 Å². The zero-order valence-corrected chi connectivity index (χ0v) is 13.8. The van der Waals surface area contributed by atoms with Gasteiger partial charge in [0.25, 0.3) is 0 Å². The number of rotatable bonds is 6. The van der Waals surface area contributed by atoms with Crippen molar-refractivity contribution in [1.82, 2.24) is 5.32 Å².